The summed E-state index contributed by atoms with van der Waals surface area (Å²) in [5.41, 5.74) is 2.48. The number of carbonyl (C=O) groups is 2. The monoisotopic (exact) mass is 329 g/mol. The van der Waals surface area contributed by atoms with Crippen molar-refractivity contribution in [1.82, 2.24) is 10.2 Å². The van der Waals surface area contributed by atoms with Gasteiger partial charge in [0.1, 0.15) is 0 Å². The van der Waals surface area contributed by atoms with E-state index in [9.17, 15) is 9.59 Å². The van der Waals surface area contributed by atoms with Gasteiger partial charge in [-0.3, -0.25) is 9.59 Å². The zero-order valence-electron chi connectivity index (χ0n) is 14.6. The highest BCUT2D eigenvalue weighted by Crippen LogP contribution is 2.40. The van der Waals surface area contributed by atoms with Crippen molar-refractivity contribution in [2.75, 3.05) is 37.6 Å². The summed E-state index contributed by atoms with van der Waals surface area (Å²) in [5.74, 6) is 0.0235. The molecule has 1 heterocycles. The van der Waals surface area contributed by atoms with Gasteiger partial charge in [-0.05, 0) is 37.5 Å². The minimum absolute atomic E-state index is 0.0496. The molecule has 0 bridgehead atoms. The van der Waals surface area contributed by atoms with Gasteiger partial charge in [0.2, 0.25) is 11.8 Å². The van der Waals surface area contributed by atoms with Gasteiger partial charge in [0.05, 0.1) is 11.8 Å². The first-order valence-electron chi connectivity index (χ1n) is 8.98. The van der Waals surface area contributed by atoms with E-state index in [2.05, 4.69) is 41.4 Å². The summed E-state index contributed by atoms with van der Waals surface area (Å²) in [7, 11) is 0. The Bertz CT molecular complexity index is 608. The molecule has 2 unspecified atom stereocenters. The van der Waals surface area contributed by atoms with Gasteiger partial charge in [0, 0.05) is 38.4 Å². The SMILES string of the molecule is CCCNC(=O)C1CC1C(=O)N1CCN(c2cccc(C)c2)CC1. The summed E-state index contributed by atoms with van der Waals surface area (Å²) in [4.78, 5) is 28.8. The van der Waals surface area contributed by atoms with E-state index in [4.69, 9.17) is 0 Å². The lowest BCUT2D eigenvalue weighted by Crippen LogP contribution is -2.49. The van der Waals surface area contributed by atoms with Crippen LogP contribution >= 0.6 is 0 Å². The van der Waals surface area contributed by atoms with Crippen molar-refractivity contribution in [1.29, 1.82) is 0 Å². The first-order chi connectivity index (χ1) is 11.6. The Morgan fingerprint density at radius 2 is 1.92 bits per heavy atom. The molecule has 2 fully saturated rings. The van der Waals surface area contributed by atoms with Crippen LogP contribution in [-0.2, 0) is 9.59 Å². The van der Waals surface area contributed by atoms with Crippen LogP contribution in [0.15, 0.2) is 24.3 Å². The van der Waals surface area contributed by atoms with Crippen LogP contribution in [0.3, 0.4) is 0 Å². The lowest BCUT2D eigenvalue weighted by atomic mass is 10.2. The van der Waals surface area contributed by atoms with Gasteiger partial charge in [0.25, 0.3) is 0 Å². The van der Waals surface area contributed by atoms with E-state index in [-0.39, 0.29) is 23.7 Å². The lowest BCUT2D eigenvalue weighted by molar-refractivity contribution is -0.135. The fraction of sp³-hybridized carbons (Fsp3) is 0.579. The van der Waals surface area contributed by atoms with E-state index in [0.29, 0.717) is 13.0 Å². The van der Waals surface area contributed by atoms with E-state index >= 15 is 0 Å². The molecule has 5 nitrogen and oxygen atoms in total. The standard InChI is InChI=1S/C19H27N3O2/c1-3-7-20-18(23)16-13-17(16)19(24)22-10-8-21(9-11-22)15-6-4-5-14(2)12-15/h4-6,12,16-17H,3,7-11,13H2,1-2H3,(H,20,23). The summed E-state index contributed by atoms with van der Waals surface area (Å²) in [6.07, 6.45) is 1.64. The van der Waals surface area contributed by atoms with E-state index in [1.165, 1.54) is 11.3 Å². The molecule has 3 rings (SSSR count). The summed E-state index contributed by atoms with van der Waals surface area (Å²) in [6, 6.07) is 8.48. The van der Waals surface area contributed by atoms with Gasteiger partial charge in [-0.1, -0.05) is 19.1 Å². The van der Waals surface area contributed by atoms with Crippen molar-refractivity contribution in [2.45, 2.75) is 26.7 Å². The van der Waals surface area contributed by atoms with Crippen LogP contribution in [0.25, 0.3) is 0 Å². The van der Waals surface area contributed by atoms with Gasteiger partial charge in [0.15, 0.2) is 0 Å². The van der Waals surface area contributed by atoms with Crippen LogP contribution in [-0.4, -0.2) is 49.4 Å². The van der Waals surface area contributed by atoms with Crippen molar-refractivity contribution in [3.63, 3.8) is 0 Å². The van der Waals surface area contributed by atoms with Gasteiger partial charge in [-0.25, -0.2) is 0 Å². The second kappa shape index (κ2) is 7.24. The third-order valence-corrected chi connectivity index (χ3v) is 4.95. The fourth-order valence-corrected chi connectivity index (χ4v) is 3.38. The Hall–Kier alpha value is -2.04. The maximum atomic E-state index is 12.6. The molecule has 2 atom stereocenters. The third-order valence-electron chi connectivity index (χ3n) is 4.95. The number of carbonyl (C=O) groups excluding carboxylic acids is 2. The Morgan fingerprint density at radius 1 is 1.17 bits per heavy atom. The van der Waals surface area contributed by atoms with E-state index in [1.807, 2.05) is 11.8 Å². The number of benzene rings is 1. The van der Waals surface area contributed by atoms with Crippen LogP contribution in [0.2, 0.25) is 0 Å². The number of aryl methyl sites for hydroxylation is 1. The fourth-order valence-electron chi connectivity index (χ4n) is 3.38. The minimum Gasteiger partial charge on any atom is -0.368 e. The number of hydrogen-bond acceptors (Lipinski definition) is 3. The van der Waals surface area contributed by atoms with Gasteiger partial charge >= 0.3 is 0 Å². The molecule has 130 valence electrons. The molecule has 5 heteroatoms. The smallest absolute Gasteiger partial charge is 0.226 e. The quantitative estimate of drug-likeness (QED) is 0.896. The van der Waals surface area contributed by atoms with E-state index < -0.39 is 0 Å². The molecule has 1 saturated carbocycles. The highest BCUT2D eigenvalue weighted by atomic mass is 16.2. The molecule has 1 aromatic carbocycles. The van der Waals surface area contributed by atoms with Crippen molar-refractivity contribution < 1.29 is 9.59 Å². The zero-order chi connectivity index (χ0) is 17.1. The maximum Gasteiger partial charge on any atom is 0.226 e. The molecule has 2 amide bonds. The molecule has 24 heavy (non-hydrogen) atoms. The Labute approximate surface area is 144 Å². The molecular weight excluding hydrogens is 302 g/mol. The van der Waals surface area contributed by atoms with Crippen molar-refractivity contribution >= 4 is 17.5 Å². The normalized spacial score (nSPS) is 23.1. The maximum absolute atomic E-state index is 12.6. The van der Waals surface area contributed by atoms with E-state index in [1.54, 1.807) is 0 Å². The first kappa shape index (κ1) is 16.8. The Kier molecular flexibility index (Phi) is 5.07. The lowest BCUT2D eigenvalue weighted by Gasteiger charge is -2.36. The number of anilines is 1. The predicted molar refractivity (Wildman–Crippen MR) is 94.9 cm³/mol. The molecule has 1 aliphatic heterocycles. The highest BCUT2D eigenvalue weighted by Gasteiger charge is 2.49. The second-order valence-corrected chi connectivity index (χ2v) is 6.89. The number of rotatable bonds is 5. The molecule has 0 aromatic heterocycles. The average Bonchev–Trinajstić information content (AvgIpc) is 3.40. The van der Waals surface area contributed by atoms with Crippen LogP contribution in [0, 0.1) is 18.8 Å². The summed E-state index contributed by atoms with van der Waals surface area (Å²) >= 11 is 0. The number of amides is 2. The molecule has 1 saturated heterocycles. The number of piperazine rings is 1. The summed E-state index contributed by atoms with van der Waals surface area (Å²) in [6.45, 7) is 8.03. The molecule has 2 aliphatic rings. The van der Waals surface area contributed by atoms with Crippen LogP contribution < -0.4 is 10.2 Å². The second-order valence-electron chi connectivity index (χ2n) is 6.89. The van der Waals surface area contributed by atoms with Gasteiger partial charge in [-0.15, -0.1) is 0 Å². The summed E-state index contributed by atoms with van der Waals surface area (Å²) < 4.78 is 0. The van der Waals surface area contributed by atoms with Gasteiger partial charge in [-0.2, -0.15) is 0 Å². The molecular formula is C19H27N3O2. The first-order valence-corrected chi connectivity index (χ1v) is 8.98. The minimum atomic E-state index is -0.0983. The number of hydrogen-bond donors (Lipinski definition) is 1. The zero-order valence-corrected chi connectivity index (χ0v) is 14.6. The highest BCUT2D eigenvalue weighted by molar-refractivity contribution is 5.92. The predicted octanol–water partition coefficient (Wildman–Crippen LogP) is 1.81. The van der Waals surface area contributed by atoms with Crippen molar-refractivity contribution in [2.24, 2.45) is 11.8 Å². The average molecular weight is 329 g/mol. The largest absolute Gasteiger partial charge is 0.368 e. The van der Waals surface area contributed by atoms with Crippen LogP contribution in [0.5, 0.6) is 0 Å². The van der Waals surface area contributed by atoms with Gasteiger partial charge < -0.3 is 15.1 Å². The Balaban J connectivity index is 1.49. The molecule has 1 aliphatic carbocycles. The molecule has 1 N–H and O–H groups in total. The third kappa shape index (κ3) is 3.71. The number of nitrogens with one attached hydrogen (secondary N) is 1. The molecule has 0 spiro atoms. The van der Waals surface area contributed by atoms with Crippen LogP contribution in [0.4, 0.5) is 5.69 Å². The van der Waals surface area contributed by atoms with Crippen molar-refractivity contribution in [3.05, 3.63) is 29.8 Å². The van der Waals surface area contributed by atoms with E-state index in [0.717, 1.165) is 32.6 Å². The van der Waals surface area contributed by atoms with Crippen LogP contribution in [0.1, 0.15) is 25.3 Å². The van der Waals surface area contributed by atoms with Crippen molar-refractivity contribution in [3.8, 4) is 0 Å². The topological polar surface area (TPSA) is 52.7 Å². The Morgan fingerprint density at radius 3 is 2.58 bits per heavy atom. The molecule has 0 radical (unpaired) electrons. The molecule has 1 aromatic rings. The number of nitrogens with zero attached hydrogens (tertiary/aromatic N) is 2. The summed E-state index contributed by atoms with van der Waals surface area (Å²) in [5, 5.41) is 2.90.